The smallest absolute Gasteiger partial charge is 0.249 e. The van der Waals surface area contributed by atoms with Gasteiger partial charge in [0.05, 0.1) is 6.10 Å². The highest BCUT2D eigenvalue weighted by atomic mass is 16.5. The average molecular weight is 226 g/mol. The fraction of sp³-hybridized carbons (Fsp3) is 0.917. The van der Waals surface area contributed by atoms with Crippen LogP contribution >= 0.6 is 0 Å². The number of rotatable bonds is 4. The molecule has 2 aliphatic rings. The molecule has 2 saturated heterocycles. The predicted octanol–water partition coefficient (Wildman–Crippen LogP) is 0.812. The molecule has 4 nitrogen and oxygen atoms in total. The summed E-state index contributed by atoms with van der Waals surface area (Å²) >= 11 is 0. The van der Waals surface area contributed by atoms with Crippen LogP contribution in [0.25, 0.3) is 0 Å². The summed E-state index contributed by atoms with van der Waals surface area (Å²) in [4.78, 5) is 11.7. The minimum atomic E-state index is -0.202. The van der Waals surface area contributed by atoms with Gasteiger partial charge in [-0.15, -0.1) is 0 Å². The summed E-state index contributed by atoms with van der Waals surface area (Å²) in [5.74, 6) is 0.0716. The summed E-state index contributed by atoms with van der Waals surface area (Å²) in [7, 11) is 0. The summed E-state index contributed by atoms with van der Waals surface area (Å²) in [5.41, 5.74) is 0. The molecule has 0 spiro atoms. The quantitative estimate of drug-likeness (QED) is 0.746. The zero-order chi connectivity index (χ0) is 11.4. The van der Waals surface area contributed by atoms with Crippen LogP contribution in [0.5, 0.6) is 0 Å². The number of nitrogens with one attached hydrogen (secondary N) is 2. The van der Waals surface area contributed by atoms with Gasteiger partial charge in [0.15, 0.2) is 0 Å². The van der Waals surface area contributed by atoms with Gasteiger partial charge in [-0.2, -0.15) is 0 Å². The van der Waals surface area contributed by atoms with Crippen LogP contribution in [0.2, 0.25) is 0 Å². The van der Waals surface area contributed by atoms with Gasteiger partial charge in [-0.3, -0.25) is 4.79 Å². The topological polar surface area (TPSA) is 50.4 Å². The Hall–Kier alpha value is -0.610. The first-order valence-electron chi connectivity index (χ1n) is 6.42. The van der Waals surface area contributed by atoms with E-state index in [0.29, 0.717) is 6.04 Å². The van der Waals surface area contributed by atoms with E-state index in [0.717, 1.165) is 32.4 Å². The minimum Gasteiger partial charge on any atom is -0.365 e. The van der Waals surface area contributed by atoms with E-state index in [9.17, 15) is 4.79 Å². The lowest BCUT2D eigenvalue weighted by Crippen LogP contribution is -2.37. The fourth-order valence-corrected chi connectivity index (χ4v) is 2.48. The van der Waals surface area contributed by atoms with Crippen molar-refractivity contribution in [2.45, 2.75) is 57.3 Å². The zero-order valence-corrected chi connectivity index (χ0v) is 10.00. The third-order valence-corrected chi connectivity index (χ3v) is 3.48. The van der Waals surface area contributed by atoms with E-state index >= 15 is 0 Å². The largest absolute Gasteiger partial charge is 0.365 e. The molecule has 2 N–H and O–H groups in total. The maximum Gasteiger partial charge on any atom is 0.249 e. The number of carbonyl (C=O) groups excluding carboxylic acids is 1. The van der Waals surface area contributed by atoms with Crippen molar-refractivity contribution in [2.24, 2.45) is 0 Å². The van der Waals surface area contributed by atoms with Crippen LogP contribution in [-0.2, 0) is 9.53 Å². The molecule has 2 rings (SSSR count). The second-order valence-corrected chi connectivity index (χ2v) is 4.89. The normalized spacial score (nSPS) is 34.2. The van der Waals surface area contributed by atoms with Crippen LogP contribution in [0, 0.1) is 0 Å². The van der Waals surface area contributed by atoms with Gasteiger partial charge in [-0.05, 0) is 45.6 Å². The first-order chi connectivity index (χ1) is 7.75. The minimum absolute atomic E-state index is 0.0716. The number of carbonyl (C=O) groups is 1. The van der Waals surface area contributed by atoms with E-state index in [1.807, 2.05) is 6.92 Å². The van der Waals surface area contributed by atoms with Crippen LogP contribution in [0.15, 0.2) is 0 Å². The molecule has 0 aromatic heterocycles. The van der Waals surface area contributed by atoms with Crippen LogP contribution < -0.4 is 10.6 Å². The number of ether oxygens (including phenoxy) is 1. The molecule has 2 heterocycles. The molecule has 2 aliphatic heterocycles. The summed E-state index contributed by atoms with van der Waals surface area (Å²) in [6.45, 7) is 3.92. The summed E-state index contributed by atoms with van der Waals surface area (Å²) < 4.78 is 5.52. The molecule has 0 bridgehead atoms. The molecule has 3 unspecified atom stereocenters. The predicted molar refractivity (Wildman–Crippen MR) is 62.2 cm³/mol. The maximum atomic E-state index is 11.7. The lowest BCUT2D eigenvalue weighted by atomic mass is 10.1. The van der Waals surface area contributed by atoms with Crippen LogP contribution in [-0.4, -0.2) is 37.2 Å². The molecule has 0 aromatic rings. The monoisotopic (exact) mass is 226 g/mol. The Morgan fingerprint density at radius 3 is 2.94 bits per heavy atom. The third-order valence-electron chi connectivity index (χ3n) is 3.48. The molecule has 1 amide bonds. The molecule has 0 radical (unpaired) electrons. The molecule has 0 saturated carbocycles. The highest BCUT2D eigenvalue weighted by Gasteiger charge is 2.27. The van der Waals surface area contributed by atoms with E-state index in [1.54, 1.807) is 0 Å². The zero-order valence-electron chi connectivity index (χ0n) is 10.00. The van der Waals surface area contributed by atoms with E-state index in [1.165, 1.54) is 12.8 Å². The van der Waals surface area contributed by atoms with Crippen LogP contribution in [0.1, 0.15) is 39.0 Å². The lowest BCUT2D eigenvalue weighted by Gasteiger charge is -2.14. The van der Waals surface area contributed by atoms with E-state index in [4.69, 9.17) is 4.74 Å². The summed E-state index contributed by atoms with van der Waals surface area (Å²) in [6.07, 6.45) is 5.46. The molecule has 92 valence electrons. The van der Waals surface area contributed by atoms with Crippen molar-refractivity contribution in [1.82, 2.24) is 10.6 Å². The van der Waals surface area contributed by atoms with Crippen molar-refractivity contribution in [3.05, 3.63) is 0 Å². The first kappa shape index (κ1) is 11.9. The Labute approximate surface area is 97.1 Å². The van der Waals surface area contributed by atoms with Gasteiger partial charge >= 0.3 is 0 Å². The molecule has 4 heteroatoms. The van der Waals surface area contributed by atoms with Gasteiger partial charge in [0, 0.05) is 12.6 Å². The van der Waals surface area contributed by atoms with Gasteiger partial charge in [0.25, 0.3) is 0 Å². The Morgan fingerprint density at radius 1 is 1.44 bits per heavy atom. The second kappa shape index (κ2) is 5.64. The Morgan fingerprint density at radius 2 is 2.31 bits per heavy atom. The Bertz CT molecular complexity index is 239. The van der Waals surface area contributed by atoms with Gasteiger partial charge < -0.3 is 15.4 Å². The van der Waals surface area contributed by atoms with Crippen LogP contribution in [0.4, 0.5) is 0 Å². The summed E-state index contributed by atoms with van der Waals surface area (Å²) in [5, 5.41) is 6.39. The summed E-state index contributed by atoms with van der Waals surface area (Å²) in [6, 6.07) is 0.601. The van der Waals surface area contributed by atoms with Crippen LogP contribution in [0.3, 0.4) is 0 Å². The first-order valence-corrected chi connectivity index (χ1v) is 6.42. The highest BCUT2D eigenvalue weighted by Crippen LogP contribution is 2.18. The second-order valence-electron chi connectivity index (χ2n) is 4.89. The van der Waals surface area contributed by atoms with Gasteiger partial charge in [0.1, 0.15) is 6.10 Å². The van der Waals surface area contributed by atoms with E-state index in [-0.39, 0.29) is 18.1 Å². The number of amides is 1. The SMILES string of the molecule is CC1CCC(C(=O)NCCC2CCCN2)O1. The Balaban J connectivity index is 1.60. The molecule has 0 aromatic carbocycles. The molecular weight excluding hydrogens is 204 g/mol. The lowest BCUT2D eigenvalue weighted by molar-refractivity contribution is -0.131. The molecule has 3 atom stereocenters. The molecule has 2 fully saturated rings. The maximum absolute atomic E-state index is 11.7. The molecule has 16 heavy (non-hydrogen) atoms. The van der Waals surface area contributed by atoms with Crippen molar-refractivity contribution in [1.29, 1.82) is 0 Å². The molecular formula is C12H22N2O2. The van der Waals surface area contributed by atoms with Gasteiger partial charge in [0.2, 0.25) is 5.91 Å². The van der Waals surface area contributed by atoms with E-state index < -0.39 is 0 Å². The number of hydrogen-bond donors (Lipinski definition) is 2. The van der Waals surface area contributed by atoms with Crippen molar-refractivity contribution >= 4 is 5.91 Å². The van der Waals surface area contributed by atoms with E-state index in [2.05, 4.69) is 10.6 Å². The van der Waals surface area contributed by atoms with Crippen molar-refractivity contribution in [3.8, 4) is 0 Å². The van der Waals surface area contributed by atoms with Gasteiger partial charge in [-0.1, -0.05) is 0 Å². The Kier molecular flexibility index (Phi) is 4.18. The van der Waals surface area contributed by atoms with Crippen molar-refractivity contribution < 1.29 is 9.53 Å². The third kappa shape index (κ3) is 3.19. The van der Waals surface area contributed by atoms with Crippen molar-refractivity contribution in [3.63, 3.8) is 0 Å². The van der Waals surface area contributed by atoms with Crippen molar-refractivity contribution in [2.75, 3.05) is 13.1 Å². The van der Waals surface area contributed by atoms with Gasteiger partial charge in [-0.25, -0.2) is 0 Å². The average Bonchev–Trinajstić information content (AvgIpc) is 2.89. The molecule has 0 aliphatic carbocycles. The fourth-order valence-electron chi connectivity index (χ4n) is 2.48. The highest BCUT2D eigenvalue weighted by molar-refractivity contribution is 5.80. The standard InChI is InChI=1S/C12H22N2O2/c1-9-4-5-11(16-9)12(15)14-8-6-10-3-2-7-13-10/h9-11,13H,2-8H2,1H3,(H,14,15). The number of hydrogen-bond acceptors (Lipinski definition) is 3.